The van der Waals surface area contributed by atoms with Gasteiger partial charge in [0, 0.05) is 13.1 Å². The smallest absolute Gasteiger partial charge is 0.224 e. The Bertz CT molecular complexity index is 238. The number of Topliss-reactive ketones (excluding diaryl/α,β-unsaturated/α-hetero) is 1. The van der Waals surface area contributed by atoms with Gasteiger partial charge in [0.05, 0.1) is 0 Å². The van der Waals surface area contributed by atoms with Gasteiger partial charge in [0.25, 0.3) is 0 Å². The maximum atomic E-state index is 11.0. The van der Waals surface area contributed by atoms with Gasteiger partial charge in [0.2, 0.25) is 5.91 Å². The SMILES string of the molecule is CC(=O)C1C=CC=CN1C(C)=O. The van der Waals surface area contributed by atoms with Crippen LogP contribution < -0.4 is 0 Å². The van der Waals surface area contributed by atoms with Crippen LogP contribution in [0.5, 0.6) is 0 Å². The summed E-state index contributed by atoms with van der Waals surface area (Å²) in [7, 11) is 0. The maximum Gasteiger partial charge on any atom is 0.224 e. The minimum absolute atomic E-state index is 0.0224. The fraction of sp³-hybridized carbons (Fsp3) is 0.333. The molecule has 0 aromatic heterocycles. The quantitative estimate of drug-likeness (QED) is 0.578. The van der Waals surface area contributed by atoms with Crippen molar-refractivity contribution >= 4 is 11.7 Å². The highest BCUT2D eigenvalue weighted by molar-refractivity contribution is 5.89. The lowest BCUT2D eigenvalue weighted by Gasteiger charge is -2.24. The summed E-state index contributed by atoms with van der Waals surface area (Å²) in [6.07, 6.45) is 6.84. The Morgan fingerprint density at radius 3 is 2.33 bits per heavy atom. The van der Waals surface area contributed by atoms with Gasteiger partial charge in [0.1, 0.15) is 6.04 Å². The molecule has 0 aliphatic carbocycles. The van der Waals surface area contributed by atoms with Crippen molar-refractivity contribution in [1.82, 2.24) is 4.90 Å². The lowest BCUT2D eigenvalue weighted by atomic mass is 10.1. The molecule has 12 heavy (non-hydrogen) atoms. The number of rotatable bonds is 1. The molecular formula is C9H11NO2. The average Bonchev–Trinajstić information content (AvgIpc) is 2.04. The van der Waals surface area contributed by atoms with E-state index in [-0.39, 0.29) is 11.7 Å². The molecule has 1 heterocycles. The van der Waals surface area contributed by atoms with E-state index in [1.807, 2.05) is 0 Å². The number of ketones is 1. The van der Waals surface area contributed by atoms with E-state index in [1.165, 1.54) is 18.7 Å². The molecule has 0 N–H and O–H groups in total. The number of allylic oxidation sites excluding steroid dienone is 2. The maximum absolute atomic E-state index is 11.0. The van der Waals surface area contributed by atoms with Crippen molar-refractivity contribution in [2.75, 3.05) is 0 Å². The van der Waals surface area contributed by atoms with Crippen molar-refractivity contribution in [3.05, 3.63) is 24.4 Å². The monoisotopic (exact) mass is 165 g/mol. The van der Waals surface area contributed by atoms with Gasteiger partial charge in [-0.3, -0.25) is 9.59 Å². The van der Waals surface area contributed by atoms with Gasteiger partial charge < -0.3 is 4.90 Å². The van der Waals surface area contributed by atoms with Crippen molar-refractivity contribution in [2.45, 2.75) is 19.9 Å². The standard InChI is InChI=1S/C9H11NO2/c1-7(11)9-5-3-4-6-10(9)8(2)12/h3-6,9H,1-2H3. The zero-order valence-corrected chi connectivity index (χ0v) is 7.15. The molecule has 3 heteroatoms. The van der Waals surface area contributed by atoms with Crippen molar-refractivity contribution < 1.29 is 9.59 Å². The van der Waals surface area contributed by atoms with Crippen LogP contribution in [0.1, 0.15) is 13.8 Å². The lowest BCUT2D eigenvalue weighted by molar-refractivity contribution is -0.132. The molecule has 0 spiro atoms. The van der Waals surface area contributed by atoms with Crippen molar-refractivity contribution in [3.63, 3.8) is 0 Å². The minimum atomic E-state index is -0.410. The first-order valence-corrected chi connectivity index (χ1v) is 3.77. The third-order valence-corrected chi connectivity index (χ3v) is 1.73. The molecule has 1 atom stereocenters. The van der Waals surface area contributed by atoms with Gasteiger partial charge in [-0.2, -0.15) is 0 Å². The van der Waals surface area contributed by atoms with E-state index in [9.17, 15) is 9.59 Å². The topological polar surface area (TPSA) is 37.4 Å². The Morgan fingerprint density at radius 1 is 1.25 bits per heavy atom. The third kappa shape index (κ3) is 1.61. The summed E-state index contributed by atoms with van der Waals surface area (Å²) in [5, 5.41) is 0. The number of carbonyl (C=O) groups is 2. The van der Waals surface area contributed by atoms with E-state index in [4.69, 9.17) is 0 Å². The van der Waals surface area contributed by atoms with Crippen molar-refractivity contribution in [3.8, 4) is 0 Å². The second-order valence-corrected chi connectivity index (χ2v) is 2.71. The highest BCUT2D eigenvalue weighted by Crippen LogP contribution is 2.09. The summed E-state index contributed by atoms with van der Waals surface area (Å²) in [6, 6.07) is -0.410. The summed E-state index contributed by atoms with van der Waals surface area (Å²) in [6.45, 7) is 2.92. The number of carbonyl (C=O) groups excluding carboxylic acids is 2. The van der Waals surface area contributed by atoms with Crippen molar-refractivity contribution in [1.29, 1.82) is 0 Å². The lowest BCUT2D eigenvalue weighted by Crippen LogP contribution is -2.38. The zero-order valence-electron chi connectivity index (χ0n) is 7.15. The van der Waals surface area contributed by atoms with Crippen LogP contribution >= 0.6 is 0 Å². The summed E-state index contributed by atoms with van der Waals surface area (Å²) in [5.41, 5.74) is 0. The highest BCUT2D eigenvalue weighted by Gasteiger charge is 2.21. The van der Waals surface area contributed by atoms with Gasteiger partial charge >= 0.3 is 0 Å². The van der Waals surface area contributed by atoms with E-state index in [0.29, 0.717) is 0 Å². The van der Waals surface area contributed by atoms with Crippen LogP contribution in [0.2, 0.25) is 0 Å². The molecule has 0 aromatic rings. The van der Waals surface area contributed by atoms with Gasteiger partial charge in [-0.1, -0.05) is 12.2 Å². The van der Waals surface area contributed by atoms with E-state index >= 15 is 0 Å². The normalized spacial score (nSPS) is 21.2. The fourth-order valence-electron chi connectivity index (χ4n) is 1.13. The highest BCUT2D eigenvalue weighted by atomic mass is 16.2. The van der Waals surface area contributed by atoms with E-state index in [2.05, 4.69) is 0 Å². The summed E-state index contributed by atoms with van der Waals surface area (Å²) < 4.78 is 0. The molecule has 64 valence electrons. The van der Waals surface area contributed by atoms with E-state index < -0.39 is 6.04 Å². The number of amides is 1. The summed E-state index contributed by atoms with van der Waals surface area (Å²) in [5.74, 6) is -0.137. The molecule has 0 bridgehead atoms. The third-order valence-electron chi connectivity index (χ3n) is 1.73. The molecular weight excluding hydrogens is 154 g/mol. The fourth-order valence-corrected chi connectivity index (χ4v) is 1.13. The van der Waals surface area contributed by atoms with Crippen LogP contribution in [-0.2, 0) is 9.59 Å². The van der Waals surface area contributed by atoms with Gasteiger partial charge in [-0.15, -0.1) is 0 Å². The van der Waals surface area contributed by atoms with Crippen LogP contribution in [0.25, 0.3) is 0 Å². The largest absolute Gasteiger partial charge is 0.305 e. The second kappa shape index (κ2) is 3.34. The van der Waals surface area contributed by atoms with Crippen LogP contribution in [0, 0.1) is 0 Å². The predicted molar refractivity (Wildman–Crippen MR) is 45.3 cm³/mol. The summed E-state index contributed by atoms with van der Waals surface area (Å²) in [4.78, 5) is 23.5. The molecule has 0 fully saturated rings. The number of hydrogen-bond acceptors (Lipinski definition) is 2. The zero-order chi connectivity index (χ0) is 9.14. The van der Waals surface area contributed by atoms with Gasteiger partial charge in [0.15, 0.2) is 5.78 Å². The Morgan fingerprint density at radius 2 is 1.92 bits per heavy atom. The Hall–Kier alpha value is -1.38. The molecule has 1 aliphatic heterocycles. The first kappa shape index (κ1) is 8.71. The van der Waals surface area contributed by atoms with Crippen LogP contribution in [0.3, 0.4) is 0 Å². The molecule has 1 amide bonds. The van der Waals surface area contributed by atoms with Crippen molar-refractivity contribution in [2.24, 2.45) is 0 Å². The van der Waals surface area contributed by atoms with E-state index in [1.54, 1.807) is 24.4 Å². The molecule has 1 unspecified atom stereocenters. The molecule has 1 rings (SSSR count). The Labute approximate surface area is 71.4 Å². The van der Waals surface area contributed by atoms with E-state index in [0.717, 1.165) is 0 Å². The minimum Gasteiger partial charge on any atom is -0.305 e. The molecule has 0 aromatic carbocycles. The average molecular weight is 165 g/mol. The van der Waals surface area contributed by atoms with Gasteiger partial charge in [-0.05, 0) is 13.0 Å². The predicted octanol–water partition coefficient (Wildman–Crippen LogP) is 0.876. The molecule has 0 saturated heterocycles. The Balaban J connectivity index is 2.85. The van der Waals surface area contributed by atoms with Crippen LogP contribution in [0.15, 0.2) is 24.4 Å². The molecule has 3 nitrogen and oxygen atoms in total. The van der Waals surface area contributed by atoms with Crippen LogP contribution in [-0.4, -0.2) is 22.6 Å². The van der Waals surface area contributed by atoms with Gasteiger partial charge in [-0.25, -0.2) is 0 Å². The van der Waals surface area contributed by atoms with Crippen LogP contribution in [0.4, 0.5) is 0 Å². The summed E-state index contributed by atoms with van der Waals surface area (Å²) >= 11 is 0. The number of hydrogen-bond donors (Lipinski definition) is 0. The molecule has 1 aliphatic rings. The Kier molecular flexibility index (Phi) is 2.43. The molecule has 0 saturated carbocycles. The second-order valence-electron chi connectivity index (χ2n) is 2.71. The first-order valence-electron chi connectivity index (χ1n) is 3.77. The first-order chi connectivity index (χ1) is 5.63. The number of nitrogens with zero attached hydrogens (tertiary/aromatic N) is 1. The molecule has 0 radical (unpaired) electrons.